The number of hydrogen-bond acceptors (Lipinski definition) is 6. The van der Waals surface area contributed by atoms with Gasteiger partial charge in [0.15, 0.2) is 4.90 Å². The van der Waals surface area contributed by atoms with Crippen molar-refractivity contribution in [1.29, 1.82) is 0 Å². The minimum absolute atomic E-state index is 0.0315. The Labute approximate surface area is 162 Å². The van der Waals surface area contributed by atoms with Crippen LogP contribution in [0.15, 0.2) is 77.8 Å². The smallest absolute Gasteiger partial charge is 0.289 e. The van der Waals surface area contributed by atoms with E-state index < -0.39 is 20.6 Å². The quantitative estimate of drug-likeness (QED) is 0.483. The summed E-state index contributed by atoms with van der Waals surface area (Å²) in [6.07, 6.45) is 1.47. The highest BCUT2D eigenvalue weighted by Crippen LogP contribution is 2.30. The molecule has 0 fully saturated rings. The van der Waals surface area contributed by atoms with Gasteiger partial charge in [-0.25, -0.2) is 17.7 Å². The maximum atomic E-state index is 13.3. The van der Waals surface area contributed by atoms with Crippen molar-refractivity contribution in [3.8, 4) is 0 Å². The first-order chi connectivity index (χ1) is 13.4. The van der Waals surface area contributed by atoms with E-state index in [-0.39, 0.29) is 17.3 Å². The van der Waals surface area contributed by atoms with Crippen LogP contribution in [-0.2, 0) is 23.1 Å². The molecule has 0 aliphatic carbocycles. The van der Waals surface area contributed by atoms with Crippen LogP contribution in [0.1, 0.15) is 11.1 Å². The van der Waals surface area contributed by atoms with E-state index in [4.69, 9.17) is 5.73 Å². The van der Waals surface area contributed by atoms with Gasteiger partial charge in [0.2, 0.25) is 0 Å². The van der Waals surface area contributed by atoms with E-state index in [9.17, 15) is 18.5 Å². The average molecular weight is 398 g/mol. The highest BCUT2D eigenvalue weighted by molar-refractivity contribution is 7.93. The molecule has 3 rings (SSSR count). The van der Waals surface area contributed by atoms with Crippen LogP contribution in [0.4, 0.5) is 11.5 Å². The number of nitro benzene ring substituents is 1. The standard InChI is InChI=1S/C19H18N4O4S/c20-13-15-8-10-16(11-9-15)14-22(19-7-3-4-12-21-19)28(26,27)18-6-2-1-5-17(18)23(24)25/h1-12H,13-14,20H2. The lowest BCUT2D eigenvalue weighted by atomic mass is 10.1. The Morgan fingerprint density at radius 1 is 0.964 bits per heavy atom. The minimum atomic E-state index is -4.24. The minimum Gasteiger partial charge on any atom is -0.326 e. The third-order valence-electron chi connectivity index (χ3n) is 4.12. The number of pyridine rings is 1. The molecule has 0 aliphatic rings. The predicted octanol–water partition coefficient (Wildman–Crippen LogP) is 2.84. The second-order valence-electron chi connectivity index (χ2n) is 5.95. The number of sulfonamides is 1. The third kappa shape index (κ3) is 4.00. The van der Waals surface area contributed by atoms with Crippen molar-refractivity contribution in [2.75, 3.05) is 4.31 Å². The van der Waals surface area contributed by atoms with Crippen LogP contribution >= 0.6 is 0 Å². The van der Waals surface area contributed by atoms with Gasteiger partial charge in [0.05, 0.1) is 11.5 Å². The summed E-state index contributed by atoms with van der Waals surface area (Å²) in [4.78, 5) is 14.4. The van der Waals surface area contributed by atoms with E-state index in [1.165, 1.54) is 30.5 Å². The van der Waals surface area contributed by atoms with Crippen molar-refractivity contribution in [2.45, 2.75) is 18.0 Å². The van der Waals surface area contributed by atoms with Crippen molar-refractivity contribution in [3.05, 3.63) is 94.2 Å². The first-order valence-corrected chi connectivity index (χ1v) is 9.82. The SMILES string of the molecule is NCc1ccc(CN(c2ccccn2)S(=O)(=O)c2ccccc2[N+](=O)[O-])cc1. The maximum Gasteiger partial charge on any atom is 0.289 e. The zero-order valence-electron chi connectivity index (χ0n) is 14.8. The van der Waals surface area contributed by atoms with E-state index in [2.05, 4.69) is 4.98 Å². The zero-order chi connectivity index (χ0) is 20.1. The van der Waals surface area contributed by atoms with Gasteiger partial charge in [-0.1, -0.05) is 42.5 Å². The van der Waals surface area contributed by atoms with Gasteiger partial charge in [-0.3, -0.25) is 10.1 Å². The molecule has 2 aromatic carbocycles. The maximum absolute atomic E-state index is 13.3. The van der Waals surface area contributed by atoms with Gasteiger partial charge in [0.1, 0.15) is 5.82 Å². The number of para-hydroxylation sites is 1. The average Bonchev–Trinajstić information content (AvgIpc) is 2.73. The Balaban J connectivity index is 2.09. The van der Waals surface area contributed by atoms with Crippen molar-refractivity contribution >= 4 is 21.5 Å². The molecule has 8 nitrogen and oxygen atoms in total. The molecule has 0 spiro atoms. The first-order valence-electron chi connectivity index (χ1n) is 8.38. The second kappa shape index (κ2) is 8.15. The lowest BCUT2D eigenvalue weighted by Gasteiger charge is -2.23. The summed E-state index contributed by atoms with van der Waals surface area (Å²) in [6.45, 7) is 0.342. The lowest BCUT2D eigenvalue weighted by Crippen LogP contribution is -2.31. The van der Waals surface area contributed by atoms with Crippen molar-refractivity contribution in [3.63, 3.8) is 0 Å². The van der Waals surface area contributed by atoms with Crippen molar-refractivity contribution in [2.24, 2.45) is 5.73 Å². The molecular weight excluding hydrogens is 380 g/mol. The molecule has 0 atom stereocenters. The van der Waals surface area contributed by atoms with E-state index in [1.807, 2.05) is 12.1 Å². The van der Waals surface area contributed by atoms with E-state index >= 15 is 0 Å². The molecule has 0 aliphatic heterocycles. The molecule has 0 amide bonds. The number of anilines is 1. The number of hydrogen-bond donors (Lipinski definition) is 1. The summed E-state index contributed by atoms with van der Waals surface area (Å²) >= 11 is 0. The summed E-state index contributed by atoms with van der Waals surface area (Å²) in [5, 5.41) is 11.4. The van der Waals surface area contributed by atoms with E-state index in [0.29, 0.717) is 12.1 Å². The Kier molecular flexibility index (Phi) is 5.67. The van der Waals surface area contributed by atoms with Crippen LogP contribution in [0.25, 0.3) is 0 Å². The van der Waals surface area contributed by atoms with Crippen LogP contribution in [0.2, 0.25) is 0 Å². The summed E-state index contributed by atoms with van der Waals surface area (Å²) in [5.41, 5.74) is 6.73. The molecule has 1 heterocycles. The highest BCUT2D eigenvalue weighted by Gasteiger charge is 2.32. The van der Waals surface area contributed by atoms with Gasteiger partial charge in [-0.15, -0.1) is 0 Å². The summed E-state index contributed by atoms with van der Waals surface area (Å²) in [6, 6.07) is 17.3. The highest BCUT2D eigenvalue weighted by atomic mass is 32.2. The Morgan fingerprint density at radius 2 is 1.61 bits per heavy atom. The Hall–Kier alpha value is -3.30. The van der Waals surface area contributed by atoms with Gasteiger partial charge in [0.25, 0.3) is 15.7 Å². The monoisotopic (exact) mass is 398 g/mol. The van der Waals surface area contributed by atoms with Gasteiger partial charge in [-0.05, 0) is 29.3 Å². The van der Waals surface area contributed by atoms with Gasteiger partial charge in [-0.2, -0.15) is 0 Å². The van der Waals surface area contributed by atoms with Crippen molar-refractivity contribution < 1.29 is 13.3 Å². The van der Waals surface area contributed by atoms with Crippen LogP contribution in [0.3, 0.4) is 0 Å². The van der Waals surface area contributed by atoms with E-state index in [1.54, 1.807) is 30.3 Å². The van der Waals surface area contributed by atoms with E-state index in [0.717, 1.165) is 9.87 Å². The van der Waals surface area contributed by atoms with Gasteiger partial charge < -0.3 is 5.73 Å². The van der Waals surface area contributed by atoms with Gasteiger partial charge in [0, 0.05) is 18.8 Å². The van der Waals surface area contributed by atoms with Crippen LogP contribution in [-0.4, -0.2) is 18.3 Å². The van der Waals surface area contributed by atoms with Crippen LogP contribution in [0, 0.1) is 10.1 Å². The second-order valence-corrected chi connectivity index (χ2v) is 7.78. The molecule has 0 unspecified atom stereocenters. The lowest BCUT2D eigenvalue weighted by molar-refractivity contribution is -0.387. The van der Waals surface area contributed by atoms with Gasteiger partial charge >= 0.3 is 0 Å². The predicted molar refractivity (Wildman–Crippen MR) is 105 cm³/mol. The molecular formula is C19H18N4O4S. The summed E-state index contributed by atoms with van der Waals surface area (Å²) in [7, 11) is -4.24. The fourth-order valence-electron chi connectivity index (χ4n) is 2.68. The number of nitro groups is 1. The summed E-state index contributed by atoms with van der Waals surface area (Å²) < 4.78 is 27.8. The number of benzene rings is 2. The number of nitrogens with zero attached hydrogens (tertiary/aromatic N) is 3. The number of nitrogens with two attached hydrogens (primary N) is 1. The molecule has 2 N–H and O–H groups in total. The topological polar surface area (TPSA) is 119 Å². The first kappa shape index (κ1) is 19.5. The zero-order valence-corrected chi connectivity index (χ0v) is 15.6. The molecule has 1 aromatic heterocycles. The molecule has 9 heteroatoms. The Morgan fingerprint density at radius 3 is 2.21 bits per heavy atom. The molecule has 144 valence electrons. The molecule has 0 bridgehead atoms. The number of aromatic nitrogens is 1. The fourth-order valence-corrected chi connectivity index (χ4v) is 4.25. The molecule has 28 heavy (non-hydrogen) atoms. The summed E-state index contributed by atoms with van der Waals surface area (Å²) in [5.74, 6) is 0.170. The molecule has 0 radical (unpaired) electrons. The normalized spacial score (nSPS) is 11.2. The van der Waals surface area contributed by atoms with Crippen LogP contribution < -0.4 is 10.0 Å². The third-order valence-corrected chi connectivity index (χ3v) is 5.92. The largest absolute Gasteiger partial charge is 0.326 e. The number of rotatable bonds is 7. The molecule has 0 saturated heterocycles. The fraction of sp³-hybridized carbons (Fsp3) is 0.105. The molecule has 3 aromatic rings. The van der Waals surface area contributed by atoms with Crippen LogP contribution in [0.5, 0.6) is 0 Å². The van der Waals surface area contributed by atoms with Crippen molar-refractivity contribution in [1.82, 2.24) is 4.98 Å². The Bertz CT molecular complexity index is 1070. The molecule has 0 saturated carbocycles.